The fourth-order valence-corrected chi connectivity index (χ4v) is 4.04. The van der Waals surface area contributed by atoms with Gasteiger partial charge in [-0.3, -0.25) is 4.79 Å². The first-order chi connectivity index (χ1) is 9.47. The highest BCUT2D eigenvalue weighted by atomic mass is 16.4. The molecule has 5 heteroatoms. The van der Waals surface area contributed by atoms with Crippen LogP contribution in [0, 0.1) is 23.7 Å². The molecule has 0 saturated heterocycles. The molecule has 0 aliphatic heterocycles. The normalized spacial score (nSPS) is 38.3. The lowest BCUT2D eigenvalue weighted by atomic mass is 9.90. The number of carbonyl (C=O) groups is 1. The van der Waals surface area contributed by atoms with Crippen LogP contribution in [0.15, 0.2) is 0 Å². The van der Waals surface area contributed by atoms with E-state index in [0.717, 1.165) is 19.3 Å². The van der Waals surface area contributed by atoms with Gasteiger partial charge >= 0.3 is 5.97 Å². The highest BCUT2D eigenvalue weighted by Crippen LogP contribution is 2.63. The van der Waals surface area contributed by atoms with Gasteiger partial charge in [-0.1, -0.05) is 26.2 Å². The third-order valence-corrected chi connectivity index (χ3v) is 5.10. The highest BCUT2D eigenvalue weighted by molar-refractivity contribution is 5.67. The zero-order valence-corrected chi connectivity index (χ0v) is 12.0. The fourth-order valence-electron chi connectivity index (χ4n) is 4.04. The number of aliphatic hydroxyl groups is 3. The molecule has 2 aliphatic rings. The second-order valence-corrected chi connectivity index (χ2v) is 6.44. The Morgan fingerprint density at radius 3 is 2.60 bits per heavy atom. The number of aliphatic hydroxyl groups excluding tert-OH is 3. The topological polar surface area (TPSA) is 98.0 Å². The van der Waals surface area contributed by atoms with E-state index in [1.54, 1.807) is 0 Å². The van der Waals surface area contributed by atoms with Crippen molar-refractivity contribution in [1.29, 1.82) is 0 Å². The average Bonchev–Trinajstić information content (AvgIpc) is 2.99. The van der Waals surface area contributed by atoms with Gasteiger partial charge in [0.1, 0.15) is 0 Å². The van der Waals surface area contributed by atoms with E-state index in [1.165, 1.54) is 0 Å². The molecule has 20 heavy (non-hydrogen) atoms. The number of hydrogen-bond acceptors (Lipinski definition) is 4. The Balaban J connectivity index is 1.85. The number of carboxylic acids is 1. The Morgan fingerprint density at radius 1 is 1.30 bits per heavy atom. The molecule has 0 aromatic carbocycles. The summed E-state index contributed by atoms with van der Waals surface area (Å²) in [7, 11) is 0. The minimum Gasteiger partial charge on any atom is -0.481 e. The van der Waals surface area contributed by atoms with Crippen LogP contribution in [0.25, 0.3) is 0 Å². The van der Waals surface area contributed by atoms with Crippen LogP contribution in [-0.4, -0.2) is 44.7 Å². The van der Waals surface area contributed by atoms with Crippen molar-refractivity contribution in [2.45, 2.75) is 63.8 Å². The van der Waals surface area contributed by atoms with Gasteiger partial charge in [0.25, 0.3) is 0 Å². The Kier molecular flexibility index (Phi) is 5.04. The van der Waals surface area contributed by atoms with Crippen LogP contribution in [-0.2, 0) is 4.79 Å². The lowest BCUT2D eigenvalue weighted by Gasteiger charge is -2.23. The maximum absolute atomic E-state index is 10.8. The Bertz CT molecular complexity index is 345. The Hall–Kier alpha value is -0.650. The van der Waals surface area contributed by atoms with Crippen molar-refractivity contribution < 1.29 is 25.2 Å². The summed E-state index contributed by atoms with van der Waals surface area (Å²) in [5, 5.41) is 39.0. The van der Waals surface area contributed by atoms with Gasteiger partial charge in [-0.2, -0.15) is 0 Å². The zero-order valence-electron chi connectivity index (χ0n) is 12.0. The summed E-state index contributed by atoms with van der Waals surface area (Å²) in [6.07, 6.45) is 2.07. The van der Waals surface area contributed by atoms with E-state index in [4.69, 9.17) is 5.11 Å². The second-order valence-electron chi connectivity index (χ2n) is 6.44. The largest absolute Gasteiger partial charge is 0.481 e. The first kappa shape index (κ1) is 15.7. The molecule has 2 aliphatic carbocycles. The van der Waals surface area contributed by atoms with Crippen molar-refractivity contribution in [3.63, 3.8) is 0 Å². The van der Waals surface area contributed by atoms with E-state index >= 15 is 0 Å². The third-order valence-electron chi connectivity index (χ3n) is 5.10. The van der Waals surface area contributed by atoms with Crippen molar-refractivity contribution in [2.75, 3.05) is 0 Å². The van der Waals surface area contributed by atoms with Crippen molar-refractivity contribution in [1.82, 2.24) is 0 Å². The van der Waals surface area contributed by atoms with Crippen LogP contribution in [0.4, 0.5) is 0 Å². The van der Waals surface area contributed by atoms with Gasteiger partial charge in [0, 0.05) is 0 Å². The molecule has 0 heterocycles. The second kappa shape index (κ2) is 6.41. The van der Waals surface area contributed by atoms with E-state index in [-0.39, 0.29) is 30.1 Å². The molecule has 0 amide bonds. The molecule has 4 N–H and O–H groups in total. The van der Waals surface area contributed by atoms with Gasteiger partial charge in [0.15, 0.2) is 0 Å². The van der Waals surface area contributed by atoms with E-state index in [0.29, 0.717) is 12.8 Å². The summed E-state index contributed by atoms with van der Waals surface area (Å²) in [5.74, 6) is -0.945. The summed E-state index contributed by atoms with van der Waals surface area (Å²) < 4.78 is 0. The number of unbranched alkanes of at least 4 members (excludes halogenated alkanes) is 2. The van der Waals surface area contributed by atoms with E-state index < -0.39 is 24.3 Å². The van der Waals surface area contributed by atoms with Gasteiger partial charge in [-0.15, -0.1) is 0 Å². The van der Waals surface area contributed by atoms with Gasteiger partial charge in [-0.05, 0) is 36.5 Å². The van der Waals surface area contributed by atoms with Gasteiger partial charge in [-0.25, -0.2) is 0 Å². The smallest absolute Gasteiger partial charge is 0.303 e. The van der Waals surface area contributed by atoms with Crippen LogP contribution in [0.3, 0.4) is 0 Å². The molecule has 0 radical (unpaired) electrons. The summed E-state index contributed by atoms with van der Waals surface area (Å²) in [6, 6.07) is 0. The summed E-state index contributed by atoms with van der Waals surface area (Å²) in [6.45, 7) is 2.09. The molecule has 5 nitrogen and oxygen atoms in total. The first-order valence-corrected chi connectivity index (χ1v) is 7.73. The molecule has 2 fully saturated rings. The van der Waals surface area contributed by atoms with E-state index in [2.05, 4.69) is 6.92 Å². The predicted molar refractivity (Wildman–Crippen MR) is 73.0 cm³/mol. The molecule has 0 aromatic rings. The molecule has 0 aromatic heterocycles. The molecule has 7 atom stereocenters. The Labute approximate surface area is 119 Å². The molecule has 2 saturated carbocycles. The maximum atomic E-state index is 10.8. The molecular formula is C15H26O5. The van der Waals surface area contributed by atoms with Crippen molar-refractivity contribution in [3.8, 4) is 0 Å². The number of fused-ring (bicyclic) bond motifs is 1. The number of rotatable bonds is 8. The van der Waals surface area contributed by atoms with Crippen LogP contribution in [0.5, 0.6) is 0 Å². The van der Waals surface area contributed by atoms with Gasteiger partial charge in [0.05, 0.1) is 24.7 Å². The number of aliphatic carboxylic acids is 1. The van der Waals surface area contributed by atoms with Crippen LogP contribution >= 0.6 is 0 Å². The molecular weight excluding hydrogens is 260 g/mol. The molecule has 0 spiro atoms. The molecule has 2 rings (SSSR count). The fraction of sp³-hybridized carbons (Fsp3) is 0.933. The summed E-state index contributed by atoms with van der Waals surface area (Å²) in [5.41, 5.74) is 0. The van der Waals surface area contributed by atoms with Crippen LogP contribution in [0.1, 0.15) is 45.4 Å². The Morgan fingerprint density at radius 2 is 2.00 bits per heavy atom. The number of carboxylic acid groups (broad SMARTS) is 1. The summed E-state index contributed by atoms with van der Waals surface area (Å²) >= 11 is 0. The zero-order chi connectivity index (χ0) is 14.9. The molecule has 116 valence electrons. The van der Waals surface area contributed by atoms with Gasteiger partial charge < -0.3 is 20.4 Å². The van der Waals surface area contributed by atoms with Crippen LogP contribution in [0.2, 0.25) is 0 Å². The highest BCUT2D eigenvalue weighted by Gasteiger charge is 2.64. The minimum absolute atomic E-state index is 0.0284. The third kappa shape index (κ3) is 3.15. The SMILES string of the molecule is CCCCC[C@H](O)[C@@H](O)C1C2CC(O)C(CC(=O)O)C21. The quantitative estimate of drug-likeness (QED) is 0.499. The molecule has 0 bridgehead atoms. The minimum atomic E-state index is -0.904. The maximum Gasteiger partial charge on any atom is 0.303 e. The standard InChI is InChI=1S/C15H26O5/c1-2-3-4-5-10(16)15(20)14-9-6-11(17)8(13(9)14)7-12(18)19/h8-11,13-17,20H,2-7H2,1H3,(H,18,19)/t8?,9?,10-,11?,13?,14?,15+/m0/s1. The van der Waals surface area contributed by atoms with Crippen molar-refractivity contribution in [3.05, 3.63) is 0 Å². The lowest BCUT2D eigenvalue weighted by molar-refractivity contribution is -0.139. The summed E-state index contributed by atoms with van der Waals surface area (Å²) in [4.78, 5) is 10.8. The lowest BCUT2D eigenvalue weighted by Crippen LogP contribution is -2.33. The molecule has 5 unspecified atom stereocenters. The predicted octanol–water partition coefficient (Wildman–Crippen LogP) is 1.01. The van der Waals surface area contributed by atoms with E-state index in [9.17, 15) is 20.1 Å². The van der Waals surface area contributed by atoms with Gasteiger partial charge in [0.2, 0.25) is 0 Å². The monoisotopic (exact) mass is 286 g/mol. The first-order valence-electron chi connectivity index (χ1n) is 7.73. The average molecular weight is 286 g/mol. The van der Waals surface area contributed by atoms with Crippen LogP contribution < -0.4 is 0 Å². The van der Waals surface area contributed by atoms with Crippen molar-refractivity contribution in [2.24, 2.45) is 23.7 Å². The van der Waals surface area contributed by atoms with Crippen molar-refractivity contribution >= 4 is 5.97 Å². The van der Waals surface area contributed by atoms with E-state index in [1.807, 2.05) is 0 Å². The number of hydrogen-bond donors (Lipinski definition) is 4.